The summed E-state index contributed by atoms with van der Waals surface area (Å²) in [7, 11) is 0. The van der Waals surface area contributed by atoms with E-state index in [2.05, 4.69) is 10.3 Å². The summed E-state index contributed by atoms with van der Waals surface area (Å²) in [5, 5.41) is 12.9. The Morgan fingerprint density at radius 3 is 2.44 bits per heavy atom. The molecule has 1 heterocycles. The summed E-state index contributed by atoms with van der Waals surface area (Å²) in [5.74, 6) is -0.610. The number of halogens is 3. The van der Waals surface area contributed by atoms with Gasteiger partial charge in [0.15, 0.2) is 5.78 Å². The molecule has 0 aliphatic rings. The van der Waals surface area contributed by atoms with Crippen LogP contribution < -0.4 is 10.1 Å². The van der Waals surface area contributed by atoms with Crippen LogP contribution in [0.15, 0.2) is 24.3 Å². The number of benzene rings is 1. The van der Waals surface area contributed by atoms with Gasteiger partial charge in [-0.3, -0.25) is 14.6 Å². The zero-order valence-corrected chi connectivity index (χ0v) is 19.4. The number of nitrogens with one attached hydrogen (secondary N) is 1. The molecule has 0 spiro atoms. The Balaban J connectivity index is 2.18. The van der Waals surface area contributed by atoms with Gasteiger partial charge in [-0.25, -0.2) is 8.78 Å². The average molecular weight is 469 g/mol. The summed E-state index contributed by atoms with van der Waals surface area (Å²) in [6.45, 7) is 7.19. The van der Waals surface area contributed by atoms with Gasteiger partial charge in [0.2, 0.25) is 0 Å². The lowest BCUT2D eigenvalue weighted by Gasteiger charge is -2.18. The van der Waals surface area contributed by atoms with Crippen LogP contribution in [0.2, 0.25) is 5.02 Å². The number of alkyl halides is 2. The maximum atomic E-state index is 12.8. The first kappa shape index (κ1) is 25.7. The molecule has 2 N–H and O–H groups in total. The van der Waals surface area contributed by atoms with Crippen LogP contribution in [-0.2, 0) is 11.2 Å². The smallest absolute Gasteiger partial charge is 0.272 e. The monoisotopic (exact) mass is 468 g/mol. The molecule has 6 nitrogen and oxygen atoms in total. The number of aromatic nitrogens is 1. The van der Waals surface area contributed by atoms with Crippen molar-refractivity contribution in [3.8, 4) is 5.75 Å². The van der Waals surface area contributed by atoms with Crippen LogP contribution >= 0.6 is 11.6 Å². The van der Waals surface area contributed by atoms with Crippen molar-refractivity contribution in [2.75, 3.05) is 6.61 Å². The van der Waals surface area contributed by atoms with E-state index in [1.165, 1.54) is 19.9 Å². The molecular formula is C23H27ClF2N2O4. The Morgan fingerprint density at radius 1 is 1.22 bits per heavy atom. The summed E-state index contributed by atoms with van der Waals surface area (Å²) < 4.78 is 29.9. The molecule has 0 radical (unpaired) electrons. The lowest BCUT2D eigenvalue weighted by Crippen LogP contribution is -2.33. The molecule has 0 aliphatic heterocycles. The summed E-state index contributed by atoms with van der Waals surface area (Å²) in [6.07, 6.45) is -2.72. The predicted molar refractivity (Wildman–Crippen MR) is 118 cm³/mol. The Morgan fingerprint density at radius 2 is 1.88 bits per heavy atom. The molecule has 1 aromatic heterocycles. The van der Waals surface area contributed by atoms with E-state index >= 15 is 0 Å². The van der Waals surface area contributed by atoms with Crippen molar-refractivity contribution in [1.29, 1.82) is 0 Å². The van der Waals surface area contributed by atoms with Crippen molar-refractivity contribution in [2.24, 2.45) is 0 Å². The molecule has 0 saturated carbocycles. The number of aliphatic hydroxyl groups is 1. The van der Waals surface area contributed by atoms with Crippen LogP contribution in [0.3, 0.4) is 0 Å². The van der Waals surface area contributed by atoms with E-state index in [0.717, 1.165) is 0 Å². The van der Waals surface area contributed by atoms with Gasteiger partial charge in [-0.2, -0.15) is 0 Å². The highest BCUT2D eigenvalue weighted by atomic mass is 35.5. The summed E-state index contributed by atoms with van der Waals surface area (Å²) in [5.41, 5.74) is 1.01. The Labute approximate surface area is 191 Å². The van der Waals surface area contributed by atoms with Crippen molar-refractivity contribution >= 4 is 23.3 Å². The van der Waals surface area contributed by atoms with Crippen molar-refractivity contribution in [3.05, 3.63) is 57.4 Å². The van der Waals surface area contributed by atoms with Crippen LogP contribution in [0.25, 0.3) is 0 Å². The molecule has 9 heteroatoms. The van der Waals surface area contributed by atoms with Gasteiger partial charge in [0.05, 0.1) is 17.5 Å². The fraction of sp³-hybridized carbons (Fsp3) is 0.435. The number of hydrogen-bond donors (Lipinski definition) is 2. The van der Waals surface area contributed by atoms with Crippen LogP contribution in [0.4, 0.5) is 8.78 Å². The van der Waals surface area contributed by atoms with Gasteiger partial charge in [0.1, 0.15) is 18.0 Å². The third-order valence-corrected chi connectivity index (χ3v) is 5.03. The topological polar surface area (TPSA) is 88.5 Å². The molecule has 0 aliphatic carbocycles. The first-order valence-corrected chi connectivity index (χ1v) is 10.4. The number of ether oxygens (including phenoxy) is 1. The standard InChI is InChI=1S/C23H27ClF2N2O4/c1-12-6-15(9-18(24)21(12)32-11-20(25)26)14(3)28-22(30)16-7-13(2)27-17(8-16)10-19(29)23(4,5)31/h6-9,14,20,31H,10-11H2,1-5H3,(H,28,30). The normalized spacial score (nSPS) is 12.6. The Hall–Kier alpha value is -2.58. The number of nitrogens with zero attached hydrogens (tertiary/aromatic N) is 1. The zero-order valence-electron chi connectivity index (χ0n) is 18.6. The number of amides is 1. The maximum absolute atomic E-state index is 12.8. The van der Waals surface area contributed by atoms with Crippen molar-refractivity contribution in [3.63, 3.8) is 0 Å². The second-order valence-corrected chi connectivity index (χ2v) is 8.60. The van der Waals surface area contributed by atoms with Gasteiger partial charge in [0, 0.05) is 17.0 Å². The van der Waals surface area contributed by atoms with E-state index in [4.69, 9.17) is 16.3 Å². The number of rotatable bonds is 9. The number of aryl methyl sites for hydroxylation is 2. The predicted octanol–water partition coefficient (Wildman–Crippen LogP) is 4.37. The van der Waals surface area contributed by atoms with E-state index in [9.17, 15) is 23.5 Å². The SMILES string of the molecule is Cc1cc(C(=O)NC(C)c2cc(C)c(OCC(F)F)c(Cl)c2)cc(CC(=O)C(C)(C)O)n1. The number of ketones is 1. The first-order valence-electron chi connectivity index (χ1n) is 10.0. The fourth-order valence-electron chi connectivity index (χ4n) is 3.04. The second-order valence-electron chi connectivity index (χ2n) is 8.19. The average Bonchev–Trinajstić information content (AvgIpc) is 2.65. The molecule has 2 rings (SSSR count). The van der Waals surface area contributed by atoms with Crippen LogP contribution in [0.5, 0.6) is 5.75 Å². The van der Waals surface area contributed by atoms with Crippen molar-refractivity contribution in [1.82, 2.24) is 10.3 Å². The van der Waals surface area contributed by atoms with Gasteiger partial charge in [-0.15, -0.1) is 0 Å². The molecule has 1 atom stereocenters. The lowest BCUT2D eigenvalue weighted by atomic mass is 9.98. The minimum atomic E-state index is -2.61. The molecule has 1 amide bonds. The molecule has 1 unspecified atom stereocenters. The van der Waals surface area contributed by atoms with Gasteiger partial charge >= 0.3 is 0 Å². The second kappa shape index (κ2) is 10.4. The maximum Gasteiger partial charge on any atom is 0.272 e. The third-order valence-electron chi connectivity index (χ3n) is 4.75. The molecule has 0 fully saturated rings. The van der Waals surface area contributed by atoms with E-state index in [1.54, 1.807) is 39.0 Å². The first-order chi connectivity index (χ1) is 14.8. The summed E-state index contributed by atoms with van der Waals surface area (Å²) >= 11 is 6.20. The molecule has 2 aromatic rings. The van der Waals surface area contributed by atoms with Gasteiger partial charge < -0.3 is 15.2 Å². The third kappa shape index (κ3) is 6.97. The fourth-order valence-corrected chi connectivity index (χ4v) is 3.37. The summed E-state index contributed by atoms with van der Waals surface area (Å²) in [4.78, 5) is 29.2. The molecular weight excluding hydrogens is 442 g/mol. The molecule has 32 heavy (non-hydrogen) atoms. The largest absolute Gasteiger partial charge is 0.486 e. The Bertz CT molecular complexity index is 983. The quantitative estimate of drug-likeness (QED) is 0.570. The molecule has 1 aromatic carbocycles. The number of hydrogen-bond acceptors (Lipinski definition) is 5. The highest BCUT2D eigenvalue weighted by Gasteiger charge is 2.25. The molecule has 0 saturated heterocycles. The van der Waals surface area contributed by atoms with Crippen molar-refractivity contribution < 1.29 is 28.2 Å². The van der Waals surface area contributed by atoms with Crippen LogP contribution in [0, 0.1) is 13.8 Å². The Kier molecular flexibility index (Phi) is 8.31. The number of carbonyl (C=O) groups is 2. The van der Waals surface area contributed by atoms with Gasteiger partial charge in [0.25, 0.3) is 12.3 Å². The zero-order chi connectivity index (χ0) is 24.2. The highest BCUT2D eigenvalue weighted by Crippen LogP contribution is 2.32. The number of Topliss-reactive ketones (excluding diaryl/α,β-unsaturated/α-hetero) is 1. The molecule has 0 bridgehead atoms. The van der Waals surface area contributed by atoms with Crippen LogP contribution in [-0.4, -0.2) is 40.4 Å². The van der Waals surface area contributed by atoms with E-state index in [1.807, 2.05) is 0 Å². The minimum Gasteiger partial charge on any atom is -0.486 e. The van der Waals surface area contributed by atoms with E-state index < -0.39 is 30.5 Å². The minimum absolute atomic E-state index is 0.101. The molecule has 174 valence electrons. The number of pyridine rings is 1. The number of carbonyl (C=O) groups excluding carboxylic acids is 2. The van der Waals surface area contributed by atoms with E-state index in [-0.39, 0.29) is 23.1 Å². The van der Waals surface area contributed by atoms with Crippen molar-refractivity contribution in [2.45, 2.75) is 59.1 Å². The lowest BCUT2D eigenvalue weighted by molar-refractivity contribution is -0.133. The summed E-state index contributed by atoms with van der Waals surface area (Å²) in [6, 6.07) is 5.93. The van der Waals surface area contributed by atoms with Gasteiger partial charge in [-0.1, -0.05) is 17.7 Å². The highest BCUT2D eigenvalue weighted by molar-refractivity contribution is 6.32. The van der Waals surface area contributed by atoms with Crippen LogP contribution in [0.1, 0.15) is 59.7 Å². The van der Waals surface area contributed by atoms with E-state index in [0.29, 0.717) is 28.1 Å². The van der Waals surface area contributed by atoms with Gasteiger partial charge in [-0.05, 0) is 63.9 Å².